The van der Waals surface area contributed by atoms with Crippen LogP contribution >= 0.6 is 0 Å². The quantitative estimate of drug-likeness (QED) is 0.756. The molecule has 9 heteroatoms. The minimum atomic E-state index is -3.85. The summed E-state index contributed by atoms with van der Waals surface area (Å²) in [6.07, 6.45) is 3.56. The van der Waals surface area contributed by atoms with E-state index in [1.807, 2.05) is 0 Å². The van der Waals surface area contributed by atoms with Crippen molar-refractivity contribution in [3.05, 3.63) is 28.7 Å². The standard InChI is InChI=1S/C16H19N3O5S/c20-14(21)10-4-7-16(5-1-6-16)19(9-10)25(23,24)11-2-3-12-13(8-11)18-15(22)17-12/h2-3,8,10H,1,4-7,9H2,(H,20,21)(H2,17,18,22). The maximum atomic E-state index is 13.2. The summed E-state index contributed by atoms with van der Waals surface area (Å²) in [7, 11) is -3.85. The molecular formula is C16H19N3O5S. The number of benzene rings is 1. The van der Waals surface area contributed by atoms with Gasteiger partial charge in [0.1, 0.15) is 0 Å². The molecule has 1 spiro atoms. The fourth-order valence-corrected chi connectivity index (χ4v) is 5.91. The van der Waals surface area contributed by atoms with Crippen LogP contribution in [0.1, 0.15) is 32.1 Å². The number of carbonyl (C=O) groups is 1. The smallest absolute Gasteiger partial charge is 0.323 e. The van der Waals surface area contributed by atoms with Crippen LogP contribution in [0, 0.1) is 5.92 Å². The van der Waals surface area contributed by atoms with E-state index in [4.69, 9.17) is 0 Å². The lowest BCUT2D eigenvalue weighted by Crippen LogP contribution is -2.60. The van der Waals surface area contributed by atoms with Crippen molar-refractivity contribution in [1.29, 1.82) is 0 Å². The van der Waals surface area contributed by atoms with Crippen molar-refractivity contribution in [3.63, 3.8) is 0 Å². The van der Waals surface area contributed by atoms with Gasteiger partial charge in [0.05, 0.1) is 21.8 Å². The average Bonchev–Trinajstić information content (AvgIpc) is 2.91. The predicted molar refractivity (Wildman–Crippen MR) is 89.8 cm³/mol. The summed E-state index contributed by atoms with van der Waals surface area (Å²) >= 11 is 0. The summed E-state index contributed by atoms with van der Waals surface area (Å²) < 4.78 is 27.9. The molecule has 2 aromatic rings. The second-order valence-corrected chi connectivity index (χ2v) is 8.84. The van der Waals surface area contributed by atoms with Crippen LogP contribution in [0.15, 0.2) is 27.9 Å². The van der Waals surface area contributed by atoms with Gasteiger partial charge in [-0.1, -0.05) is 0 Å². The van der Waals surface area contributed by atoms with Gasteiger partial charge >= 0.3 is 11.7 Å². The second kappa shape index (κ2) is 5.43. The third-order valence-electron chi connectivity index (χ3n) is 5.58. The summed E-state index contributed by atoms with van der Waals surface area (Å²) in [5, 5.41) is 9.33. The van der Waals surface area contributed by atoms with Crippen molar-refractivity contribution >= 4 is 27.0 Å². The Labute approximate surface area is 143 Å². The van der Waals surface area contributed by atoms with Crippen molar-refractivity contribution in [2.75, 3.05) is 6.54 Å². The van der Waals surface area contributed by atoms with Gasteiger partial charge in [0, 0.05) is 12.1 Å². The first-order valence-corrected chi connectivity index (χ1v) is 9.74. The number of piperidine rings is 1. The summed E-state index contributed by atoms with van der Waals surface area (Å²) in [6, 6.07) is 4.43. The first-order valence-electron chi connectivity index (χ1n) is 8.30. The van der Waals surface area contributed by atoms with Crippen LogP contribution in [0.25, 0.3) is 11.0 Å². The number of rotatable bonds is 3. The molecule has 0 bridgehead atoms. The van der Waals surface area contributed by atoms with Crippen LogP contribution in [-0.2, 0) is 14.8 Å². The normalized spacial score (nSPS) is 23.6. The van der Waals surface area contributed by atoms with Crippen molar-refractivity contribution in [3.8, 4) is 0 Å². The van der Waals surface area contributed by atoms with E-state index in [0.29, 0.717) is 23.9 Å². The third kappa shape index (κ3) is 2.49. The minimum Gasteiger partial charge on any atom is -0.481 e. The number of carboxylic acids is 1. The number of aromatic amines is 2. The van der Waals surface area contributed by atoms with Gasteiger partial charge in [-0.2, -0.15) is 4.31 Å². The van der Waals surface area contributed by atoms with Crippen LogP contribution < -0.4 is 5.69 Å². The molecule has 134 valence electrons. The number of sulfonamides is 1. The molecule has 1 saturated carbocycles. The highest BCUT2D eigenvalue weighted by molar-refractivity contribution is 7.89. The van der Waals surface area contributed by atoms with E-state index in [9.17, 15) is 23.1 Å². The van der Waals surface area contributed by atoms with Crippen LogP contribution in [0.3, 0.4) is 0 Å². The first kappa shape index (κ1) is 16.3. The number of aliphatic carboxylic acids is 1. The SMILES string of the molecule is O=C(O)C1CCC2(CCC2)N(S(=O)(=O)c2ccc3[nH]c(=O)[nH]c3c2)C1. The van der Waals surface area contributed by atoms with Crippen LogP contribution in [0.5, 0.6) is 0 Å². The van der Waals surface area contributed by atoms with Gasteiger partial charge in [-0.05, 0) is 50.3 Å². The Balaban J connectivity index is 1.77. The molecule has 1 unspecified atom stereocenters. The van der Waals surface area contributed by atoms with Gasteiger partial charge in [-0.3, -0.25) is 4.79 Å². The number of nitrogens with zero attached hydrogens (tertiary/aromatic N) is 1. The van der Waals surface area contributed by atoms with E-state index in [-0.39, 0.29) is 11.4 Å². The molecule has 1 aromatic heterocycles. The lowest BCUT2D eigenvalue weighted by Gasteiger charge is -2.53. The number of fused-ring (bicyclic) bond motifs is 1. The molecule has 25 heavy (non-hydrogen) atoms. The molecule has 1 saturated heterocycles. The zero-order chi connectivity index (χ0) is 17.8. The molecule has 3 N–H and O–H groups in total. The molecule has 1 aliphatic heterocycles. The van der Waals surface area contributed by atoms with Crippen molar-refractivity contribution in [2.45, 2.75) is 42.5 Å². The Kier molecular flexibility index (Phi) is 3.55. The molecule has 2 heterocycles. The molecule has 0 radical (unpaired) electrons. The van der Waals surface area contributed by atoms with Gasteiger partial charge in [0.15, 0.2) is 0 Å². The molecule has 2 aliphatic rings. The maximum absolute atomic E-state index is 13.2. The second-order valence-electron chi connectivity index (χ2n) is 6.97. The lowest BCUT2D eigenvalue weighted by atomic mass is 9.70. The molecule has 1 aromatic carbocycles. The minimum absolute atomic E-state index is 0.000634. The van der Waals surface area contributed by atoms with E-state index < -0.39 is 33.1 Å². The number of carboxylic acid groups (broad SMARTS) is 1. The third-order valence-corrected chi connectivity index (χ3v) is 7.55. The summed E-state index contributed by atoms with van der Waals surface area (Å²) in [5.74, 6) is -1.64. The number of H-pyrrole nitrogens is 2. The van der Waals surface area contributed by atoms with E-state index in [2.05, 4.69) is 9.97 Å². The predicted octanol–water partition coefficient (Wildman–Crippen LogP) is 1.26. The van der Waals surface area contributed by atoms with Crippen molar-refractivity contribution < 1.29 is 18.3 Å². The zero-order valence-electron chi connectivity index (χ0n) is 13.5. The van der Waals surface area contributed by atoms with E-state index in [0.717, 1.165) is 19.3 Å². The zero-order valence-corrected chi connectivity index (χ0v) is 14.3. The molecule has 0 amide bonds. The largest absolute Gasteiger partial charge is 0.481 e. The highest BCUT2D eigenvalue weighted by Gasteiger charge is 2.52. The molecule has 1 aliphatic carbocycles. The molecule has 4 rings (SSSR count). The molecule has 2 fully saturated rings. The summed E-state index contributed by atoms with van der Waals surface area (Å²) in [5.41, 5.74) is 0.0968. The first-order chi connectivity index (χ1) is 11.8. The Morgan fingerprint density at radius 1 is 1.20 bits per heavy atom. The Morgan fingerprint density at radius 2 is 1.92 bits per heavy atom. The maximum Gasteiger partial charge on any atom is 0.323 e. The van der Waals surface area contributed by atoms with Crippen LogP contribution in [0.4, 0.5) is 0 Å². The highest BCUT2D eigenvalue weighted by atomic mass is 32.2. The fraction of sp³-hybridized carbons (Fsp3) is 0.500. The Bertz CT molecular complexity index is 1000. The molecular weight excluding hydrogens is 346 g/mol. The summed E-state index contributed by atoms with van der Waals surface area (Å²) in [6.45, 7) is -0.000634. The highest BCUT2D eigenvalue weighted by Crippen LogP contribution is 2.48. The molecule has 8 nitrogen and oxygen atoms in total. The number of imidazole rings is 1. The van der Waals surface area contributed by atoms with E-state index in [1.165, 1.54) is 16.4 Å². The van der Waals surface area contributed by atoms with Crippen LogP contribution in [0.2, 0.25) is 0 Å². The number of nitrogens with one attached hydrogen (secondary N) is 2. The van der Waals surface area contributed by atoms with Gasteiger partial charge in [-0.15, -0.1) is 0 Å². The number of aromatic nitrogens is 2. The van der Waals surface area contributed by atoms with E-state index in [1.54, 1.807) is 6.07 Å². The van der Waals surface area contributed by atoms with Crippen LogP contribution in [-0.4, -0.2) is 45.9 Å². The Hall–Kier alpha value is -2.13. The Morgan fingerprint density at radius 3 is 2.56 bits per heavy atom. The topological polar surface area (TPSA) is 123 Å². The van der Waals surface area contributed by atoms with Crippen molar-refractivity contribution in [2.24, 2.45) is 5.92 Å². The average molecular weight is 365 g/mol. The molecule has 1 atom stereocenters. The monoisotopic (exact) mass is 365 g/mol. The van der Waals surface area contributed by atoms with E-state index >= 15 is 0 Å². The van der Waals surface area contributed by atoms with Gasteiger partial charge in [0.25, 0.3) is 0 Å². The van der Waals surface area contributed by atoms with Crippen molar-refractivity contribution in [1.82, 2.24) is 14.3 Å². The fourth-order valence-electron chi connectivity index (χ4n) is 3.99. The van der Waals surface area contributed by atoms with Gasteiger partial charge in [-0.25, -0.2) is 13.2 Å². The number of hydrogen-bond acceptors (Lipinski definition) is 4. The number of hydrogen-bond donors (Lipinski definition) is 3. The van der Waals surface area contributed by atoms with Gasteiger partial charge in [0.2, 0.25) is 10.0 Å². The summed E-state index contributed by atoms with van der Waals surface area (Å²) in [4.78, 5) is 28.0. The lowest BCUT2D eigenvalue weighted by molar-refractivity contribution is -0.144. The van der Waals surface area contributed by atoms with Gasteiger partial charge < -0.3 is 15.1 Å².